The summed E-state index contributed by atoms with van der Waals surface area (Å²) in [4.78, 5) is 27.3. The summed E-state index contributed by atoms with van der Waals surface area (Å²) in [6, 6.07) is 7.95. The summed E-state index contributed by atoms with van der Waals surface area (Å²) in [6.07, 6.45) is 6.42. The van der Waals surface area contributed by atoms with E-state index in [2.05, 4.69) is 17.1 Å². The fourth-order valence-electron chi connectivity index (χ4n) is 4.36. The molecule has 3 rings (SSSR count). The van der Waals surface area contributed by atoms with Crippen molar-refractivity contribution in [3.05, 3.63) is 29.8 Å². The van der Waals surface area contributed by atoms with E-state index < -0.39 is 0 Å². The number of piperidine rings is 1. The average Bonchev–Trinajstić information content (AvgIpc) is 2.74. The molecule has 1 saturated carbocycles. The summed E-state index contributed by atoms with van der Waals surface area (Å²) < 4.78 is 5.16. The van der Waals surface area contributed by atoms with E-state index in [1.807, 2.05) is 24.3 Å². The number of rotatable bonds is 6. The Morgan fingerprint density at radius 3 is 2.21 bits per heavy atom. The van der Waals surface area contributed by atoms with Crippen LogP contribution in [-0.2, 0) is 16.0 Å². The lowest BCUT2D eigenvalue weighted by Gasteiger charge is -2.35. The Hall–Kier alpha value is -2.04. The maximum Gasteiger partial charge on any atom is 0.225 e. The smallest absolute Gasteiger partial charge is 0.225 e. The minimum Gasteiger partial charge on any atom is -0.497 e. The molecule has 0 unspecified atom stereocenters. The molecule has 5 heteroatoms. The van der Waals surface area contributed by atoms with Gasteiger partial charge in [-0.15, -0.1) is 0 Å². The van der Waals surface area contributed by atoms with Crippen molar-refractivity contribution in [3.63, 3.8) is 0 Å². The van der Waals surface area contributed by atoms with Crippen LogP contribution in [0.3, 0.4) is 0 Å². The first-order chi connectivity index (χ1) is 13.6. The van der Waals surface area contributed by atoms with Crippen LogP contribution in [0.15, 0.2) is 24.3 Å². The van der Waals surface area contributed by atoms with Crippen LogP contribution >= 0.6 is 0 Å². The van der Waals surface area contributed by atoms with Gasteiger partial charge in [-0.2, -0.15) is 0 Å². The number of carbonyl (C=O) groups is 2. The van der Waals surface area contributed by atoms with Gasteiger partial charge in [-0.25, -0.2) is 0 Å². The number of likely N-dealkylation sites (tertiary alicyclic amines) is 1. The highest BCUT2D eigenvalue weighted by Crippen LogP contribution is 2.31. The molecule has 2 fully saturated rings. The second-order valence-corrected chi connectivity index (χ2v) is 8.45. The summed E-state index contributed by atoms with van der Waals surface area (Å²) in [5, 5.41) is 3.08. The zero-order valence-corrected chi connectivity index (χ0v) is 17.3. The average molecular weight is 387 g/mol. The van der Waals surface area contributed by atoms with E-state index in [-0.39, 0.29) is 17.7 Å². The van der Waals surface area contributed by atoms with Gasteiger partial charge in [0.25, 0.3) is 0 Å². The Balaban J connectivity index is 1.36. The van der Waals surface area contributed by atoms with Crippen molar-refractivity contribution in [1.29, 1.82) is 0 Å². The van der Waals surface area contributed by atoms with Gasteiger partial charge in [-0.1, -0.05) is 19.1 Å². The Labute approximate surface area is 168 Å². The molecule has 2 amide bonds. The van der Waals surface area contributed by atoms with Crippen LogP contribution in [0.2, 0.25) is 0 Å². The molecular formula is C23H34N2O3. The molecule has 154 valence electrons. The van der Waals surface area contributed by atoms with Crippen LogP contribution < -0.4 is 10.1 Å². The number of ether oxygens (including phenoxy) is 1. The monoisotopic (exact) mass is 386 g/mol. The lowest BCUT2D eigenvalue weighted by atomic mass is 9.80. The van der Waals surface area contributed by atoms with E-state index in [4.69, 9.17) is 4.74 Å². The Morgan fingerprint density at radius 1 is 1.00 bits per heavy atom. The molecule has 1 aromatic rings. The van der Waals surface area contributed by atoms with Crippen LogP contribution in [-0.4, -0.2) is 43.5 Å². The maximum atomic E-state index is 12.7. The van der Waals surface area contributed by atoms with Crippen LogP contribution in [0.4, 0.5) is 0 Å². The fourth-order valence-corrected chi connectivity index (χ4v) is 4.36. The predicted octanol–water partition coefficient (Wildman–Crippen LogP) is 3.42. The zero-order chi connectivity index (χ0) is 19.9. The number of methoxy groups -OCH3 is 1. The minimum atomic E-state index is 0.0568. The van der Waals surface area contributed by atoms with E-state index in [1.54, 1.807) is 7.11 Å². The first kappa shape index (κ1) is 20.7. The third kappa shape index (κ3) is 5.49. The molecule has 1 aliphatic heterocycles. The van der Waals surface area contributed by atoms with Gasteiger partial charge in [0.15, 0.2) is 0 Å². The number of carbonyl (C=O) groups excluding carboxylic acids is 2. The van der Waals surface area contributed by atoms with E-state index >= 15 is 0 Å². The number of benzene rings is 1. The van der Waals surface area contributed by atoms with Crippen LogP contribution in [0.5, 0.6) is 5.75 Å². The largest absolute Gasteiger partial charge is 0.497 e. The summed E-state index contributed by atoms with van der Waals surface area (Å²) in [5.74, 6) is 2.23. The fraction of sp³-hybridized carbons (Fsp3) is 0.652. The Bertz CT molecular complexity index is 642. The quantitative estimate of drug-likeness (QED) is 0.815. The van der Waals surface area contributed by atoms with Crippen LogP contribution in [0.25, 0.3) is 0 Å². The minimum absolute atomic E-state index is 0.0568. The lowest BCUT2D eigenvalue weighted by Crippen LogP contribution is -2.43. The molecule has 1 aromatic carbocycles. The molecule has 1 saturated heterocycles. The van der Waals surface area contributed by atoms with Gasteiger partial charge in [-0.3, -0.25) is 9.59 Å². The number of hydrogen-bond donors (Lipinski definition) is 1. The SMILES string of the molecule is COc1ccc(CCNC(=O)C2CCC(C(=O)N3CCC(C)CC3)CC2)cc1. The first-order valence-electron chi connectivity index (χ1n) is 10.8. The van der Waals surface area contributed by atoms with E-state index in [0.717, 1.165) is 69.7 Å². The molecule has 0 spiro atoms. The van der Waals surface area contributed by atoms with Crippen molar-refractivity contribution in [2.75, 3.05) is 26.7 Å². The highest BCUT2D eigenvalue weighted by Gasteiger charge is 2.32. The van der Waals surface area contributed by atoms with Gasteiger partial charge in [0.2, 0.25) is 11.8 Å². The van der Waals surface area contributed by atoms with Gasteiger partial charge in [0.1, 0.15) is 5.75 Å². The third-order valence-corrected chi connectivity index (χ3v) is 6.41. The number of nitrogens with one attached hydrogen (secondary N) is 1. The molecule has 2 aliphatic rings. The van der Waals surface area contributed by atoms with Gasteiger partial charge < -0.3 is 15.0 Å². The van der Waals surface area contributed by atoms with E-state index in [0.29, 0.717) is 12.5 Å². The third-order valence-electron chi connectivity index (χ3n) is 6.41. The standard InChI is InChI=1S/C23H34N2O3/c1-17-12-15-25(16-13-17)23(27)20-7-5-19(6-8-20)22(26)24-14-11-18-3-9-21(28-2)10-4-18/h3-4,9-10,17,19-20H,5-8,11-16H2,1-2H3,(H,24,26). The summed E-state index contributed by atoms with van der Waals surface area (Å²) in [5.41, 5.74) is 1.19. The predicted molar refractivity (Wildman–Crippen MR) is 110 cm³/mol. The molecule has 1 aliphatic carbocycles. The summed E-state index contributed by atoms with van der Waals surface area (Å²) in [6.45, 7) is 4.73. The summed E-state index contributed by atoms with van der Waals surface area (Å²) >= 11 is 0. The molecule has 1 heterocycles. The van der Waals surface area contributed by atoms with Gasteiger partial charge >= 0.3 is 0 Å². The molecule has 0 atom stereocenters. The second-order valence-electron chi connectivity index (χ2n) is 8.45. The number of nitrogens with zero attached hydrogens (tertiary/aromatic N) is 1. The van der Waals surface area contributed by atoms with Crippen molar-refractivity contribution in [2.24, 2.45) is 17.8 Å². The first-order valence-corrected chi connectivity index (χ1v) is 10.8. The molecule has 5 nitrogen and oxygen atoms in total. The number of hydrogen-bond acceptors (Lipinski definition) is 3. The van der Waals surface area contributed by atoms with Crippen molar-refractivity contribution in [3.8, 4) is 5.75 Å². The summed E-state index contributed by atoms with van der Waals surface area (Å²) in [7, 11) is 1.66. The molecule has 1 N–H and O–H groups in total. The molecule has 28 heavy (non-hydrogen) atoms. The van der Waals surface area contributed by atoms with Crippen LogP contribution in [0.1, 0.15) is 51.0 Å². The maximum absolute atomic E-state index is 12.7. The van der Waals surface area contributed by atoms with Gasteiger partial charge in [0.05, 0.1) is 7.11 Å². The Kier molecular flexibility index (Phi) is 7.35. The lowest BCUT2D eigenvalue weighted by molar-refractivity contribution is -0.139. The number of amides is 2. The Morgan fingerprint density at radius 2 is 1.61 bits per heavy atom. The molecular weight excluding hydrogens is 352 g/mol. The zero-order valence-electron chi connectivity index (χ0n) is 17.3. The van der Waals surface area contributed by atoms with Gasteiger partial charge in [0, 0.05) is 31.5 Å². The highest BCUT2D eigenvalue weighted by molar-refractivity contribution is 5.81. The molecule has 0 bridgehead atoms. The van der Waals surface area contributed by atoms with Crippen molar-refractivity contribution in [1.82, 2.24) is 10.2 Å². The van der Waals surface area contributed by atoms with Gasteiger partial charge in [-0.05, 0) is 68.6 Å². The van der Waals surface area contributed by atoms with Crippen molar-refractivity contribution >= 4 is 11.8 Å². The van der Waals surface area contributed by atoms with E-state index in [9.17, 15) is 9.59 Å². The normalized spacial score (nSPS) is 23.3. The second kappa shape index (κ2) is 9.94. The van der Waals surface area contributed by atoms with E-state index in [1.165, 1.54) is 5.56 Å². The van der Waals surface area contributed by atoms with Crippen LogP contribution in [0, 0.1) is 17.8 Å². The molecule has 0 radical (unpaired) electrons. The topological polar surface area (TPSA) is 58.6 Å². The highest BCUT2D eigenvalue weighted by atomic mass is 16.5. The van der Waals surface area contributed by atoms with Crippen molar-refractivity contribution in [2.45, 2.75) is 51.9 Å². The van der Waals surface area contributed by atoms with Crippen molar-refractivity contribution < 1.29 is 14.3 Å². The molecule has 0 aromatic heterocycles.